The smallest absolute Gasteiger partial charge is 0.241 e. The predicted molar refractivity (Wildman–Crippen MR) is 83.7 cm³/mol. The fourth-order valence-electron chi connectivity index (χ4n) is 2.09. The second-order valence-corrected chi connectivity index (χ2v) is 6.39. The molecule has 4 heteroatoms. The van der Waals surface area contributed by atoms with E-state index in [0.717, 1.165) is 12.0 Å². The third kappa shape index (κ3) is 3.92. The lowest BCUT2D eigenvalue weighted by atomic mass is 10.1. The van der Waals surface area contributed by atoms with Crippen molar-refractivity contribution < 1.29 is 4.79 Å². The molecule has 106 valence electrons. The summed E-state index contributed by atoms with van der Waals surface area (Å²) in [5.74, 6) is -0.128. The maximum Gasteiger partial charge on any atom is 0.241 e. The van der Waals surface area contributed by atoms with E-state index < -0.39 is 6.04 Å². The van der Waals surface area contributed by atoms with Crippen LogP contribution >= 0.6 is 11.3 Å². The Balaban J connectivity index is 1.90. The number of carbonyl (C=O) groups is 1. The van der Waals surface area contributed by atoms with E-state index in [2.05, 4.69) is 24.4 Å². The minimum absolute atomic E-state index is 0.0790. The van der Waals surface area contributed by atoms with E-state index in [9.17, 15) is 4.79 Å². The Bertz CT molecular complexity index is 565. The van der Waals surface area contributed by atoms with Crippen molar-refractivity contribution in [3.63, 3.8) is 0 Å². The zero-order chi connectivity index (χ0) is 14.5. The molecular formula is C16H20N2OS. The Morgan fingerprint density at radius 3 is 2.55 bits per heavy atom. The number of hydrogen-bond acceptors (Lipinski definition) is 3. The lowest BCUT2D eigenvalue weighted by Crippen LogP contribution is -2.40. The van der Waals surface area contributed by atoms with Gasteiger partial charge in [-0.3, -0.25) is 4.79 Å². The largest absolute Gasteiger partial charge is 0.352 e. The number of nitrogens with one attached hydrogen (secondary N) is 1. The van der Waals surface area contributed by atoms with Crippen molar-refractivity contribution in [1.29, 1.82) is 0 Å². The van der Waals surface area contributed by atoms with Gasteiger partial charge in [0.15, 0.2) is 0 Å². The molecule has 0 spiro atoms. The zero-order valence-electron chi connectivity index (χ0n) is 11.8. The summed E-state index contributed by atoms with van der Waals surface area (Å²) >= 11 is 1.77. The molecule has 1 aromatic heterocycles. The van der Waals surface area contributed by atoms with Crippen molar-refractivity contribution in [1.82, 2.24) is 5.32 Å². The van der Waals surface area contributed by atoms with Gasteiger partial charge < -0.3 is 11.1 Å². The van der Waals surface area contributed by atoms with Gasteiger partial charge in [0, 0.05) is 22.2 Å². The molecule has 1 heterocycles. The summed E-state index contributed by atoms with van der Waals surface area (Å²) in [5.41, 5.74) is 6.81. The molecule has 2 rings (SSSR count). The second kappa shape index (κ2) is 6.68. The van der Waals surface area contributed by atoms with Crippen LogP contribution in [0.25, 0.3) is 0 Å². The lowest BCUT2D eigenvalue weighted by molar-refractivity contribution is -0.123. The van der Waals surface area contributed by atoms with E-state index in [1.807, 2.05) is 37.3 Å². The molecule has 1 unspecified atom stereocenters. The summed E-state index contributed by atoms with van der Waals surface area (Å²) in [7, 11) is 0. The van der Waals surface area contributed by atoms with Crippen molar-refractivity contribution in [3.8, 4) is 0 Å². The molecule has 0 fully saturated rings. The van der Waals surface area contributed by atoms with Gasteiger partial charge in [0.05, 0.1) is 0 Å². The summed E-state index contributed by atoms with van der Waals surface area (Å²) in [6.45, 7) is 4.09. The number of aryl methyl sites for hydroxylation is 1. The number of hydrogen-bond donors (Lipinski definition) is 2. The van der Waals surface area contributed by atoms with Gasteiger partial charge in [-0.25, -0.2) is 0 Å². The average molecular weight is 288 g/mol. The summed E-state index contributed by atoms with van der Waals surface area (Å²) < 4.78 is 0. The molecule has 1 amide bonds. The van der Waals surface area contributed by atoms with Crippen molar-refractivity contribution in [2.75, 3.05) is 0 Å². The topological polar surface area (TPSA) is 55.1 Å². The van der Waals surface area contributed by atoms with Crippen LogP contribution in [0.1, 0.15) is 28.3 Å². The minimum atomic E-state index is -0.608. The first-order valence-corrected chi connectivity index (χ1v) is 7.54. The molecule has 1 aromatic carbocycles. The van der Waals surface area contributed by atoms with E-state index in [1.54, 1.807) is 11.3 Å². The molecule has 0 aliphatic rings. The molecular weight excluding hydrogens is 268 g/mol. The monoisotopic (exact) mass is 288 g/mol. The van der Waals surface area contributed by atoms with E-state index in [-0.39, 0.29) is 11.9 Å². The van der Waals surface area contributed by atoms with Gasteiger partial charge >= 0.3 is 0 Å². The highest BCUT2D eigenvalue weighted by atomic mass is 32.1. The first kappa shape index (κ1) is 14.8. The number of carbonyl (C=O) groups excluding carboxylic acids is 1. The van der Waals surface area contributed by atoms with E-state index >= 15 is 0 Å². The van der Waals surface area contributed by atoms with E-state index in [4.69, 9.17) is 5.73 Å². The predicted octanol–water partition coefficient (Wildman–Crippen LogP) is 2.80. The quantitative estimate of drug-likeness (QED) is 0.889. The first-order chi connectivity index (χ1) is 9.56. The van der Waals surface area contributed by atoms with Crippen LogP contribution in [0.3, 0.4) is 0 Å². The molecule has 0 radical (unpaired) electrons. The third-order valence-corrected chi connectivity index (χ3v) is 4.16. The van der Waals surface area contributed by atoms with Gasteiger partial charge in [-0.05, 0) is 31.5 Å². The van der Waals surface area contributed by atoms with Crippen LogP contribution in [0.15, 0.2) is 42.5 Å². The van der Waals surface area contributed by atoms with Gasteiger partial charge in [0.1, 0.15) is 6.04 Å². The number of nitrogens with two attached hydrogens (primary N) is 1. The number of amides is 1. The van der Waals surface area contributed by atoms with Gasteiger partial charge in [-0.1, -0.05) is 30.3 Å². The second-order valence-electron chi connectivity index (χ2n) is 5.01. The van der Waals surface area contributed by atoms with Crippen molar-refractivity contribution in [2.24, 2.45) is 5.73 Å². The van der Waals surface area contributed by atoms with Gasteiger partial charge in [0.25, 0.3) is 0 Å². The van der Waals surface area contributed by atoms with Crippen LogP contribution in [-0.2, 0) is 11.2 Å². The van der Waals surface area contributed by atoms with Crippen molar-refractivity contribution in [3.05, 3.63) is 57.8 Å². The summed E-state index contributed by atoms with van der Waals surface area (Å²) in [6.07, 6.45) is 0.839. The van der Waals surface area contributed by atoms with Gasteiger partial charge in [-0.2, -0.15) is 0 Å². The highest BCUT2D eigenvalue weighted by Crippen LogP contribution is 2.17. The van der Waals surface area contributed by atoms with Crippen LogP contribution < -0.4 is 11.1 Å². The van der Waals surface area contributed by atoms with Crippen molar-refractivity contribution >= 4 is 17.2 Å². The van der Waals surface area contributed by atoms with E-state index in [1.165, 1.54) is 9.75 Å². The summed E-state index contributed by atoms with van der Waals surface area (Å²) in [6, 6.07) is 13.1. The molecule has 0 saturated heterocycles. The zero-order valence-corrected chi connectivity index (χ0v) is 12.6. The standard InChI is InChI=1S/C16H20N2OS/c1-11(10-14-9-8-12(2)20-14)18-16(19)15(17)13-6-4-3-5-7-13/h3-9,11,15H,10,17H2,1-2H3,(H,18,19)/t11?,15-/m0/s1. The Morgan fingerprint density at radius 1 is 1.25 bits per heavy atom. The molecule has 0 aliphatic heterocycles. The normalized spacial score (nSPS) is 13.8. The highest BCUT2D eigenvalue weighted by molar-refractivity contribution is 7.11. The van der Waals surface area contributed by atoms with Crippen molar-refractivity contribution in [2.45, 2.75) is 32.4 Å². The number of thiophene rings is 1. The maximum absolute atomic E-state index is 12.1. The molecule has 0 bridgehead atoms. The van der Waals surface area contributed by atoms with Crippen LogP contribution in [0.5, 0.6) is 0 Å². The SMILES string of the molecule is Cc1ccc(CC(C)NC(=O)[C@@H](N)c2ccccc2)s1. The van der Waals surface area contributed by atoms with Crippen LogP contribution in [0.4, 0.5) is 0 Å². The molecule has 3 N–H and O–H groups in total. The third-order valence-electron chi connectivity index (χ3n) is 3.13. The molecule has 0 saturated carbocycles. The van der Waals surface area contributed by atoms with Crippen LogP contribution in [0.2, 0.25) is 0 Å². The Labute approximate surface area is 123 Å². The summed E-state index contributed by atoms with van der Waals surface area (Å²) in [5, 5.41) is 2.98. The summed E-state index contributed by atoms with van der Waals surface area (Å²) in [4.78, 5) is 14.7. The minimum Gasteiger partial charge on any atom is -0.352 e. The van der Waals surface area contributed by atoms with Gasteiger partial charge in [0.2, 0.25) is 5.91 Å². The fraction of sp³-hybridized carbons (Fsp3) is 0.312. The molecule has 20 heavy (non-hydrogen) atoms. The van der Waals surface area contributed by atoms with Gasteiger partial charge in [-0.15, -0.1) is 11.3 Å². The molecule has 0 aliphatic carbocycles. The maximum atomic E-state index is 12.1. The lowest BCUT2D eigenvalue weighted by Gasteiger charge is -2.17. The average Bonchev–Trinajstić information content (AvgIpc) is 2.84. The Kier molecular flexibility index (Phi) is 4.93. The first-order valence-electron chi connectivity index (χ1n) is 6.72. The van der Waals surface area contributed by atoms with Crippen LogP contribution in [0, 0.1) is 6.92 Å². The Morgan fingerprint density at radius 2 is 1.95 bits per heavy atom. The Hall–Kier alpha value is -1.65. The molecule has 3 nitrogen and oxygen atoms in total. The number of benzene rings is 1. The van der Waals surface area contributed by atoms with Crippen LogP contribution in [-0.4, -0.2) is 11.9 Å². The molecule has 2 aromatic rings. The van der Waals surface area contributed by atoms with E-state index in [0.29, 0.717) is 0 Å². The fourth-order valence-corrected chi connectivity index (χ4v) is 3.11. The molecule has 2 atom stereocenters. The highest BCUT2D eigenvalue weighted by Gasteiger charge is 2.17. The number of rotatable bonds is 5.